The number of benzene rings is 1. The Balaban J connectivity index is 2.15. The van der Waals surface area contributed by atoms with E-state index < -0.39 is 6.23 Å². The van der Waals surface area contributed by atoms with Crippen LogP contribution in [0, 0.1) is 3.70 Å². The fourth-order valence-corrected chi connectivity index (χ4v) is 3.01. The van der Waals surface area contributed by atoms with Crippen molar-refractivity contribution in [2.75, 3.05) is 0 Å². The van der Waals surface area contributed by atoms with Gasteiger partial charge in [0, 0.05) is 0 Å². The van der Waals surface area contributed by atoms with Gasteiger partial charge in [-0.05, 0) is 34.7 Å². The molecule has 92 valence electrons. The quantitative estimate of drug-likeness (QED) is 0.754. The molecule has 0 aliphatic carbocycles. The topological polar surface area (TPSA) is 67.2 Å². The molecule has 18 heavy (non-hydrogen) atoms. The average molecular weight is 355 g/mol. The molecule has 2 aromatic rings. The molecule has 1 aromatic carbocycles. The Morgan fingerprint density at radius 2 is 2.11 bits per heavy atom. The average Bonchev–Trinajstić information content (AvgIpc) is 2.67. The molecule has 0 spiro atoms. The van der Waals surface area contributed by atoms with Crippen molar-refractivity contribution in [1.82, 2.24) is 15.1 Å². The third-order valence-electron chi connectivity index (χ3n) is 2.84. The van der Waals surface area contributed by atoms with E-state index in [2.05, 4.69) is 33.0 Å². The van der Waals surface area contributed by atoms with Crippen LogP contribution in [-0.2, 0) is 11.2 Å². The van der Waals surface area contributed by atoms with E-state index in [1.807, 2.05) is 30.3 Å². The number of para-hydroxylation sites is 1. The van der Waals surface area contributed by atoms with E-state index in [9.17, 15) is 9.90 Å². The van der Waals surface area contributed by atoms with Gasteiger partial charge < -0.3 is 10.4 Å². The number of nitrogens with zero attached hydrogens (tertiary/aromatic N) is 2. The SMILES string of the molecule is O=C1Cc2nn(-c3ccccc3)c(I)c2C(O)N1. The molecule has 3 rings (SSSR count). The van der Waals surface area contributed by atoms with E-state index >= 15 is 0 Å². The molecule has 1 atom stereocenters. The van der Waals surface area contributed by atoms with Crippen LogP contribution < -0.4 is 5.32 Å². The molecule has 0 saturated heterocycles. The van der Waals surface area contributed by atoms with Crippen molar-refractivity contribution in [3.63, 3.8) is 0 Å². The highest BCUT2D eigenvalue weighted by atomic mass is 127. The molecular formula is C12H10IN3O2. The Morgan fingerprint density at radius 1 is 1.39 bits per heavy atom. The minimum atomic E-state index is -0.967. The lowest BCUT2D eigenvalue weighted by Gasteiger charge is -2.17. The molecule has 0 fully saturated rings. The monoisotopic (exact) mass is 355 g/mol. The largest absolute Gasteiger partial charge is 0.369 e. The molecule has 5 nitrogen and oxygen atoms in total. The number of carbonyl (C=O) groups excluding carboxylic acids is 1. The van der Waals surface area contributed by atoms with Gasteiger partial charge in [-0.15, -0.1) is 0 Å². The molecule has 0 radical (unpaired) electrons. The Kier molecular flexibility index (Phi) is 2.83. The molecule has 0 bridgehead atoms. The molecule has 6 heteroatoms. The summed E-state index contributed by atoms with van der Waals surface area (Å²) in [6.07, 6.45) is -0.756. The normalized spacial score (nSPS) is 18.3. The van der Waals surface area contributed by atoms with E-state index in [0.717, 1.165) is 9.39 Å². The fraction of sp³-hybridized carbons (Fsp3) is 0.167. The second-order valence-electron chi connectivity index (χ2n) is 4.05. The zero-order valence-corrected chi connectivity index (χ0v) is 11.5. The van der Waals surface area contributed by atoms with Crippen LogP contribution in [0.2, 0.25) is 0 Å². The van der Waals surface area contributed by atoms with Gasteiger partial charge in [0.2, 0.25) is 5.91 Å². The number of halogens is 1. The van der Waals surface area contributed by atoms with Crippen molar-refractivity contribution in [3.05, 3.63) is 45.3 Å². The van der Waals surface area contributed by atoms with Crippen LogP contribution in [-0.4, -0.2) is 20.8 Å². The van der Waals surface area contributed by atoms with E-state index in [1.165, 1.54) is 0 Å². The summed E-state index contributed by atoms with van der Waals surface area (Å²) < 4.78 is 2.57. The van der Waals surface area contributed by atoms with Crippen LogP contribution in [0.4, 0.5) is 0 Å². The molecule has 2 N–H and O–H groups in total. The standard InChI is InChI=1S/C12H10IN3O2/c13-11-10-8(6-9(17)14-12(10)18)15-16(11)7-4-2-1-3-5-7/h1-5,12,18H,6H2,(H,14,17). The number of aliphatic hydroxyl groups is 1. The van der Waals surface area contributed by atoms with Gasteiger partial charge in [0.25, 0.3) is 0 Å². The summed E-state index contributed by atoms with van der Waals surface area (Å²) in [7, 11) is 0. The summed E-state index contributed by atoms with van der Waals surface area (Å²) in [4.78, 5) is 11.4. The lowest BCUT2D eigenvalue weighted by molar-refractivity contribution is -0.124. The highest BCUT2D eigenvalue weighted by molar-refractivity contribution is 14.1. The van der Waals surface area contributed by atoms with Gasteiger partial charge in [-0.25, -0.2) is 4.68 Å². The fourth-order valence-electron chi connectivity index (χ4n) is 2.02. The maximum atomic E-state index is 11.4. The summed E-state index contributed by atoms with van der Waals surface area (Å²) in [5.41, 5.74) is 2.24. The van der Waals surface area contributed by atoms with Gasteiger partial charge in [0.1, 0.15) is 3.70 Å². The Morgan fingerprint density at radius 3 is 2.83 bits per heavy atom. The zero-order chi connectivity index (χ0) is 12.7. The first-order valence-electron chi connectivity index (χ1n) is 5.47. The minimum Gasteiger partial charge on any atom is -0.369 e. The third-order valence-corrected chi connectivity index (χ3v) is 3.88. The van der Waals surface area contributed by atoms with E-state index in [-0.39, 0.29) is 12.3 Å². The van der Waals surface area contributed by atoms with Crippen molar-refractivity contribution in [1.29, 1.82) is 0 Å². The molecule has 1 aromatic heterocycles. The smallest absolute Gasteiger partial charge is 0.228 e. The number of carbonyl (C=O) groups is 1. The first-order valence-corrected chi connectivity index (χ1v) is 6.55. The van der Waals surface area contributed by atoms with Crippen LogP contribution in [0.1, 0.15) is 17.5 Å². The molecule has 2 heterocycles. The summed E-state index contributed by atoms with van der Waals surface area (Å²) in [6, 6.07) is 9.64. The van der Waals surface area contributed by atoms with Gasteiger partial charge in [0.15, 0.2) is 6.23 Å². The Hall–Kier alpha value is -1.41. The minimum absolute atomic E-state index is 0.205. The molecule has 1 aliphatic heterocycles. The summed E-state index contributed by atoms with van der Waals surface area (Å²) in [6.45, 7) is 0. The molecule has 1 aliphatic rings. The second kappa shape index (κ2) is 4.36. The lowest BCUT2D eigenvalue weighted by Crippen LogP contribution is -2.35. The number of hydrogen-bond donors (Lipinski definition) is 2. The maximum Gasteiger partial charge on any atom is 0.228 e. The van der Waals surface area contributed by atoms with Gasteiger partial charge in [0.05, 0.1) is 23.4 Å². The van der Waals surface area contributed by atoms with E-state index in [0.29, 0.717) is 11.3 Å². The number of amides is 1. The van der Waals surface area contributed by atoms with Gasteiger partial charge in [-0.3, -0.25) is 4.79 Å². The van der Waals surface area contributed by atoms with Crippen LogP contribution in [0.3, 0.4) is 0 Å². The van der Waals surface area contributed by atoms with Crippen molar-refractivity contribution >= 4 is 28.5 Å². The zero-order valence-electron chi connectivity index (χ0n) is 9.30. The predicted octanol–water partition coefficient (Wildman–Crippen LogP) is 1.14. The van der Waals surface area contributed by atoms with E-state index in [1.54, 1.807) is 4.68 Å². The van der Waals surface area contributed by atoms with Gasteiger partial charge >= 0.3 is 0 Å². The van der Waals surface area contributed by atoms with Crippen molar-refractivity contribution < 1.29 is 9.90 Å². The number of hydrogen-bond acceptors (Lipinski definition) is 3. The van der Waals surface area contributed by atoms with Crippen LogP contribution in [0.15, 0.2) is 30.3 Å². The molecular weight excluding hydrogens is 345 g/mol. The van der Waals surface area contributed by atoms with Crippen LogP contribution >= 0.6 is 22.6 Å². The highest BCUT2D eigenvalue weighted by Gasteiger charge is 2.29. The van der Waals surface area contributed by atoms with E-state index in [4.69, 9.17) is 0 Å². The first-order chi connectivity index (χ1) is 8.66. The number of rotatable bonds is 1. The number of fused-ring (bicyclic) bond motifs is 1. The Bertz CT molecular complexity index is 609. The van der Waals surface area contributed by atoms with Crippen LogP contribution in [0.25, 0.3) is 5.69 Å². The molecule has 0 saturated carbocycles. The first kappa shape index (κ1) is 11.7. The second-order valence-corrected chi connectivity index (χ2v) is 5.07. The third kappa shape index (κ3) is 1.81. The van der Waals surface area contributed by atoms with Crippen molar-refractivity contribution in [2.24, 2.45) is 0 Å². The predicted molar refractivity (Wildman–Crippen MR) is 73.1 cm³/mol. The highest BCUT2D eigenvalue weighted by Crippen LogP contribution is 2.28. The summed E-state index contributed by atoms with van der Waals surface area (Å²) in [5, 5.41) is 16.8. The van der Waals surface area contributed by atoms with Gasteiger partial charge in [-0.2, -0.15) is 5.10 Å². The lowest BCUT2D eigenvalue weighted by atomic mass is 10.1. The van der Waals surface area contributed by atoms with Crippen molar-refractivity contribution in [2.45, 2.75) is 12.6 Å². The summed E-state index contributed by atoms with van der Waals surface area (Å²) in [5.74, 6) is -0.205. The van der Waals surface area contributed by atoms with Crippen molar-refractivity contribution in [3.8, 4) is 5.69 Å². The van der Waals surface area contributed by atoms with Crippen LogP contribution in [0.5, 0.6) is 0 Å². The number of aromatic nitrogens is 2. The molecule has 1 amide bonds. The molecule has 1 unspecified atom stereocenters. The number of nitrogens with one attached hydrogen (secondary N) is 1. The van der Waals surface area contributed by atoms with Gasteiger partial charge in [-0.1, -0.05) is 18.2 Å². The summed E-state index contributed by atoms with van der Waals surface area (Å²) >= 11 is 2.13. The maximum absolute atomic E-state index is 11.4. The number of aliphatic hydroxyl groups excluding tert-OH is 1. The Labute approximate surface area is 117 Å².